The molecule has 0 saturated carbocycles. The van der Waals surface area contributed by atoms with Crippen LogP contribution >= 0.6 is 23.8 Å². The van der Waals surface area contributed by atoms with Gasteiger partial charge in [-0.2, -0.15) is 0 Å². The number of nitrogens with zero attached hydrogens (tertiary/aromatic N) is 1. The first-order chi connectivity index (χ1) is 10.7. The molecule has 0 aliphatic carbocycles. The number of thiocarbonyl (C=S) groups is 1. The minimum absolute atomic E-state index is 0.279. The van der Waals surface area contributed by atoms with Crippen LogP contribution in [0.3, 0.4) is 0 Å². The van der Waals surface area contributed by atoms with Crippen LogP contribution in [0.25, 0.3) is 0 Å². The highest BCUT2D eigenvalue weighted by Gasteiger charge is 2.21. The highest BCUT2D eigenvalue weighted by atomic mass is 35.5. The summed E-state index contributed by atoms with van der Waals surface area (Å²) in [6, 6.07) is 15.1. The van der Waals surface area contributed by atoms with E-state index < -0.39 is 0 Å². The lowest BCUT2D eigenvalue weighted by molar-refractivity contribution is 0.0977. The van der Waals surface area contributed by atoms with Gasteiger partial charge in [0.2, 0.25) is 0 Å². The molecule has 2 aromatic carbocycles. The number of nitrogens with one attached hydrogen (secondary N) is 1. The third kappa shape index (κ3) is 2.98. The number of anilines is 1. The van der Waals surface area contributed by atoms with E-state index in [1.807, 2.05) is 23.1 Å². The van der Waals surface area contributed by atoms with Gasteiger partial charge in [0.1, 0.15) is 0 Å². The number of hydrogen-bond acceptors (Lipinski definition) is 2. The maximum absolute atomic E-state index is 12.3. The van der Waals surface area contributed by atoms with Crippen LogP contribution < -0.4 is 10.2 Å². The van der Waals surface area contributed by atoms with E-state index in [4.69, 9.17) is 23.8 Å². The molecular formula is C17H15ClN2OS. The minimum atomic E-state index is -0.279. The number of hydrogen-bond donors (Lipinski definition) is 1. The Balaban J connectivity index is 1.79. The molecule has 1 heterocycles. The first-order valence-electron chi connectivity index (χ1n) is 7.12. The number of para-hydroxylation sites is 1. The van der Waals surface area contributed by atoms with Crippen molar-refractivity contribution in [2.24, 2.45) is 0 Å². The molecule has 2 aromatic rings. The summed E-state index contributed by atoms with van der Waals surface area (Å²) in [6.45, 7) is 0.804. The number of halogens is 1. The topological polar surface area (TPSA) is 32.3 Å². The van der Waals surface area contributed by atoms with Gasteiger partial charge in [0.15, 0.2) is 5.11 Å². The third-order valence-corrected chi connectivity index (χ3v) is 4.35. The molecule has 22 heavy (non-hydrogen) atoms. The van der Waals surface area contributed by atoms with Crippen LogP contribution in [0.5, 0.6) is 0 Å². The van der Waals surface area contributed by atoms with Crippen molar-refractivity contribution in [3.05, 3.63) is 64.7 Å². The van der Waals surface area contributed by atoms with Crippen molar-refractivity contribution in [1.29, 1.82) is 0 Å². The fraction of sp³-hybridized carbons (Fsp3) is 0.176. The number of amides is 1. The van der Waals surface area contributed by atoms with Crippen LogP contribution in [0.1, 0.15) is 22.3 Å². The van der Waals surface area contributed by atoms with E-state index in [1.165, 1.54) is 5.56 Å². The molecule has 1 aliphatic rings. The second-order valence-electron chi connectivity index (χ2n) is 5.12. The Bertz CT molecular complexity index is 732. The molecule has 0 bridgehead atoms. The smallest absolute Gasteiger partial charge is 0.258 e. The van der Waals surface area contributed by atoms with Gasteiger partial charge in [0.05, 0.1) is 10.6 Å². The van der Waals surface area contributed by atoms with Gasteiger partial charge in [-0.15, -0.1) is 0 Å². The number of fused-ring (bicyclic) bond motifs is 1. The summed E-state index contributed by atoms with van der Waals surface area (Å²) in [7, 11) is 0. The van der Waals surface area contributed by atoms with Gasteiger partial charge in [-0.05, 0) is 48.8 Å². The lowest BCUT2D eigenvalue weighted by atomic mass is 10.0. The Hall–Kier alpha value is -1.91. The van der Waals surface area contributed by atoms with Crippen LogP contribution in [-0.4, -0.2) is 17.6 Å². The zero-order valence-corrected chi connectivity index (χ0v) is 13.5. The number of benzene rings is 2. The lowest BCUT2D eigenvalue weighted by Gasteiger charge is -2.31. The molecule has 1 aliphatic heterocycles. The maximum Gasteiger partial charge on any atom is 0.258 e. The number of carbonyl (C=O) groups is 1. The largest absolute Gasteiger partial charge is 0.318 e. The van der Waals surface area contributed by atoms with E-state index in [2.05, 4.69) is 11.4 Å². The van der Waals surface area contributed by atoms with Crippen molar-refractivity contribution in [3.8, 4) is 0 Å². The molecule has 1 N–H and O–H groups in total. The van der Waals surface area contributed by atoms with E-state index in [1.54, 1.807) is 24.3 Å². The van der Waals surface area contributed by atoms with Crippen LogP contribution in [0.2, 0.25) is 5.02 Å². The molecule has 3 rings (SSSR count). The normalized spacial score (nSPS) is 13.4. The van der Waals surface area contributed by atoms with Gasteiger partial charge in [-0.25, -0.2) is 0 Å². The number of rotatable bonds is 1. The Morgan fingerprint density at radius 3 is 2.68 bits per heavy atom. The van der Waals surface area contributed by atoms with Gasteiger partial charge in [0, 0.05) is 12.2 Å². The fourth-order valence-corrected chi connectivity index (χ4v) is 3.13. The average Bonchev–Trinajstić information content (AvgIpc) is 2.54. The molecule has 0 saturated heterocycles. The maximum atomic E-state index is 12.3. The summed E-state index contributed by atoms with van der Waals surface area (Å²) in [5, 5.41) is 3.61. The van der Waals surface area contributed by atoms with Gasteiger partial charge in [0.25, 0.3) is 5.91 Å². The molecule has 112 valence electrons. The molecule has 1 amide bonds. The minimum Gasteiger partial charge on any atom is -0.318 e. The average molecular weight is 331 g/mol. The summed E-state index contributed by atoms with van der Waals surface area (Å²) in [6.07, 6.45) is 2.05. The van der Waals surface area contributed by atoms with Crippen molar-refractivity contribution in [3.63, 3.8) is 0 Å². The molecule has 0 fully saturated rings. The quantitative estimate of drug-likeness (QED) is 0.807. The molecule has 3 nitrogen and oxygen atoms in total. The second-order valence-corrected chi connectivity index (χ2v) is 5.92. The van der Waals surface area contributed by atoms with Crippen molar-refractivity contribution in [1.82, 2.24) is 5.32 Å². The van der Waals surface area contributed by atoms with Gasteiger partial charge >= 0.3 is 0 Å². The Morgan fingerprint density at radius 1 is 1.14 bits per heavy atom. The zero-order chi connectivity index (χ0) is 15.5. The number of carbonyl (C=O) groups excluding carboxylic acids is 1. The predicted octanol–water partition coefficient (Wildman–Crippen LogP) is 3.81. The molecule has 0 unspecified atom stereocenters. The molecule has 0 atom stereocenters. The Labute approximate surface area is 139 Å². The van der Waals surface area contributed by atoms with Crippen LogP contribution in [0.15, 0.2) is 48.5 Å². The number of aryl methyl sites for hydroxylation is 1. The highest BCUT2D eigenvalue weighted by molar-refractivity contribution is 7.80. The van der Waals surface area contributed by atoms with Crippen LogP contribution in [0, 0.1) is 0 Å². The third-order valence-electron chi connectivity index (χ3n) is 3.69. The van der Waals surface area contributed by atoms with Crippen molar-refractivity contribution >= 4 is 40.5 Å². The summed E-state index contributed by atoms with van der Waals surface area (Å²) >= 11 is 11.5. The van der Waals surface area contributed by atoms with Gasteiger partial charge in [-0.1, -0.05) is 41.9 Å². The Kier molecular flexibility index (Phi) is 4.41. The monoisotopic (exact) mass is 330 g/mol. The first kappa shape index (κ1) is 15.0. The van der Waals surface area contributed by atoms with E-state index >= 15 is 0 Å². The van der Waals surface area contributed by atoms with E-state index in [9.17, 15) is 4.79 Å². The molecule has 0 radical (unpaired) electrons. The second kappa shape index (κ2) is 6.46. The molecule has 0 spiro atoms. The lowest BCUT2D eigenvalue weighted by Crippen LogP contribution is -2.45. The summed E-state index contributed by atoms with van der Waals surface area (Å²) in [5.74, 6) is -0.279. The molecule has 5 heteroatoms. The summed E-state index contributed by atoms with van der Waals surface area (Å²) in [4.78, 5) is 14.3. The summed E-state index contributed by atoms with van der Waals surface area (Å²) < 4.78 is 0. The van der Waals surface area contributed by atoms with Crippen molar-refractivity contribution in [2.75, 3.05) is 11.4 Å². The summed E-state index contributed by atoms with van der Waals surface area (Å²) in [5.41, 5.74) is 2.75. The predicted molar refractivity (Wildman–Crippen MR) is 93.6 cm³/mol. The SMILES string of the molecule is O=C(NC(=S)N1CCCc2ccccc21)c1ccccc1Cl. The van der Waals surface area contributed by atoms with Crippen LogP contribution in [-0.2, 0) is 6.42 Å². The standard InChI is InChI=1S/C17H15ClN2OS/c18-14-9-3-2-8-13(14)16(21)19-17(22)20-11-5-7-12-6-1-4-10-15(12)20/h1-4,6,8-10H,5,7,11H2,(H,19,21,22). The Morgan fingerprint density at radius 2 is 1.86 bits per heavy atom. The van der Waals surface area contributed by atoms with E-state index in [0.717, 1.165) is 25.1 Å². The van der Waals surface area contributed by atoms with E-state index in [-0.39, 0.29) is 5.91 Å². The first-order valence-corrected chi connectivity index (χ1v) is 7.91. The van der Waals surface area contributed by atoms with Crippen LogP contribution in [0.4, 0.5) is 5.69 Å². The zero-order valence-electron chi connectivity index (χ0n) is 11.9. The van der Waals surface area contributed by atoms with Crippen molar-refractivity contribution < 1.29 is 4.79 Å². The van der Waals surface area contributed by atoms with Crippen molar-refractivity contribution in [2.45, 2.75) is 12.8 Å². The van der Waals surface area contributed by atoms with E-state index in [0.29, 0.717) is 15.7 Å². The van der Waals surface area contributed by atoms with Gasteiger partial charge in [-0.3, -0.25) is 10.1 Å². The molecule has 0 aromatic heterocycles. The fourth-order valence-electron chi connectivity index (χ4n) is 2.62. The molecular weight excluding hydrogens is 316 g/mol. The highest BCUT2D eigenvalue weighted by Crippen LogP contribution is 2.26. The van der Waals surface area contributed by atoms with Gasteiger partial charge < -0.3 is 4.90 Å².